The van der Waals surface area contributed by atoms with Gasteiger partial charge in [-0.2, -0.15) is 0 Å². The first kappa shape index (κ1) is 8.96. The van der Waals surface area contributed by atoms with Crippen molar-refractivity contribution >= 4 is 22.6 Å². The average Bonchev–Trinajstić information content (AvgIpc) is 2.35. The Morgan fingerprint density at radius 3 is 2.25 bits per heavy atom. The molecule has 5 heteroatoms. The van der Waals surface area contributed by atoms with Crippen molar-refractivity contribution in [2.24, 2.45) is 0 Å². The van der Waals surface area contributed by atoms with Gasteiger partial charge in [0.2, 0.25) is 0 Å². The molecule has 0 saturated heterocycles. The molecule has 0 saturated carbocycles. The second-order valence-corrected chi connectivity index (χ2v) is 3.47. The minimum Gasteiger partial charge on any atom is -0.503 e. The number of benzene rings is 1. The maximum Gasteiger partial charge on any atom is 0.188 e. The maximum absolute atomic E-state index is 9.35. The predicted octanol–water partition coefficient (Wildman–Crippen LogP) is 1.89. The summed E-state index contributed by atoms with van der Waals surface area (Å²) in [6.45, 7) is 0. The smallest absolute Gasteiger partial charge is 0.188 e. The highest BCUT2D eigenvalue weighted by molar-refractivity contribution is 5.96. The summed E-state index contributed by atoms with van der Waals surface area (Å²) in [5, 5.41) is 18.7. The van der Waals surface area contributed by atoms with Gasteiger partial charge in [-0.25, -0.2) is 9.97 Å². The molecule has 1 heterocycles. The van der Waals surface area contributed by atoms with Crippen LogP contribution < -0.4 is 4.74 Å². The number of hydrogen-bond donors (Lipinski definition) is 2. The molecular formula is C11H8N2O3. The van der Waals surface area contributed by atoms with E-state index in [1.165, 1.54) is 0 Å². The fourth-order valence-corrected chi connectivity index (χ4v) is 1.65. The Balaban J connectivity index is 2.26. The van der Waals surface area contributed by atoms with Gasteiger partial charge in [0.1, 0.15) is 17.1 Å². The van der Waals surface area contributed by atoms with Gasteiger partial charge in [0.05, 0.1) is 18.1 Å². The molecule has 0 amide bonds. The molecule has 0 aliphatic heterocycles. The molecule has 1 aromatic heterocycles. The lowest BCUT2D eigenvalue weighted by Gasteiger charge is -2.17. The van der Waals surface area contributed by atoms with Gasteiger partial charge >= 0.3 is 0 Å². The number of aliphatic hydroxyl groups is 2. The van der Waals surface area contributed by atoms with E-state index in [0.29, 0.717) is 28.2 Å². The number of aromatic nitrogens is 2. The van der Waals surface area contributed by atoms with Crippen LogP contribution >= 0.6 is 0 Å². The van der Waals surface area contributed by atoms with Crippen LogP contribution in [0.1, 0.15) is 11.4 Å². The Hall–Kier alpha value is -2.30. The monoisotopic (exact) mass is 216 g/mol. The minimum absolute atomic E-state index is 0.194. The van der Waals surface area contributed by atoms with Crippen molar-refractivity contribution in [3.63, 3.8) is 0 Å². The summed E-state index contributed by atoms with van der Waals surface area (Å²) in [5.41, 5.74) is 1.95. The number of hydrogen-bond acceptors (Lipinski definition) is 5. The van der Waals surface area contributed by atoms with E-state index in [1.54, 1.807) is 25.3 Å². The van der Waals surface area contributed by atoms with Crippen LogP contribution in [0, 0.1) is 0 Å². The van der Waals surface area contributed by atoms with E-state index in [4.69, 9.17) is 4.74 Å². The Morgan fingerprint density at radius 1 is 1.00 bits per heavy atom. The Morgan fingerprint density at radius 2 is 1.62 bits per heavy atom. The molecule has 1 aromatic carbocycles. The molecule has 80 valence electrons. The average molecular weight is 216 g/mol. The van der Waals surface area contributed by atoms with E-state index in [-0.39, 0.29) is 11.5 Å². The first-order valence-corrected chi connectivity index (χ1v) is 4.69. The lowest BCUT2D eigenvalue weighted by molar-refractivity contribution is 0.415. The van der Waals surface area contributed by atoms with Crippen molar-refractivity contribution in [2.45, 2.75) is 0 Å². The topological polar surface area (TPSA) is 75.5 Å². The molecule has 0 bridgehead atoms. The molecule has 0 unspecified atom stereocenters. The van der Waals surface area contributed by atoms with Gasteiger partial charge in [0, 0.05) is 6.07 Å². The van der Waals surface area contributed by atoms with E-state index in [0.717, 1.165) is 0 Å². The molecule has 2 N–H and O–H groups in total. The zero-order chi connectivity index (χ0) is 11.3. The van der Waals surface area contributed by atoms with E-state index < -0.39 is 0 Å². The number of fused-ring (bicyclic) bond motifs is 2. The molecule has 1 aliphatic carbocycles. The van der Waals surface area contributed by atoms with Crippen LogP contribution in [0.15, 0.2) is 18.2 Å². The summed E-state index contributed by atoms with van der Waals surface area (Å²) in [6.07, 6.45) is 0. The summed E-state index contributed by atoms with van der Waals surface area (Å²) in [6, 6.07) is 5.25. The van der Waals surface area contributed by atoms with Crippen LogP contribution in [0.5, 0.6) is 5.75 Å². The lowest BCUT2D eigenvalue weighted by atomic mass is 10.0. The van der Waals surface area contributed by atoms with Crippen LogP contribution in [0.3, 0.4) is 0 Å². The van der Waals surface area contributed by atoms with Crippen molar-refractivity contribution in [2.75, 3.05) is 7.11 Å². The zero-order valence-electron chi connectivity index (χ0n) is 8.43. The SMILES string of the molecule is COc1ccc2nc3c(nc2c1)C(O)=C3O. The van der Waals surface area contributed by atoms with Crippen molar-refractivity contribution in [3.8, 4) is 5.75 Å². The summed E-state index contributed by atoms with van der Waals surface area (Å²) < 4.78 is 5.07. The second kappa shape index (κ2) is 2.85. The van der Waals surface area contributed by atoms with Crippen LogP contribution in [-0.2, 0) is 0 Å². The molecule has 3 rings (SSSR count). The standard InChI is InChI=1S/C11H8N2O3/c1-16-5-2-3-6-7(4-5)13-9-8(12-6)10(14)11(9)15/h2-4,14-15H,1H3. The third-order valence-electron chi connectivity index (χ3n) is 2.54. The molecule has 16 heavy (non-hydrogen) atoms. The number of nitrogens with zero attached hydrogens (tertiary/aromatic N) is 2. The molecule has 0 radical (unpaired) electrons. The molecule has 0 atom stereocenters. The predicted molar refractivity (Wildman–Crippen MR) is 58.2 cm³/mol. The fourth-order valence-electron chi connectivity index (χ4n) is 1.65. The Bertz CT molecular complexity index is 634. The summed E-state index contributed by atoms with van der Waals surface area (Å²) in [4.78, 5) is 8.37. The minimum atomic E-state index is -0.202. The van der Waals surface area contributed by atoms with Gasteiger partial charge in [-0.05, 0) is 12.1 Å². The van der Waals surface area contributed by atoms with Crippen LogP contribution in [0.2, 0.25) is 0 Å². The van der Waals surface area contributed by atoms with Crippen molar-refractivity contribution in [1.82, 2.24) is 9.97 Å². The quantitative estimate of drug-likeness (QED) is 0.761. The van der Waals surface area contributed by atoms with Gasteiger partial charge < -0.3 is 14.9 Å². The molecule has 0 fully saturated rings. The van der Waals surface area contributed by atoms with E-state index in [2.05, 4.69) is 9.97 Å². The maximum atomic E-state index is 9.35. The molecule has 5 nitrogen and oxygen atoms in total. The van der Waals surface area contributed by atoms with Gasteiger partial charge in [0.15, 0.2) is 11.5 Å². The summed E-state index contributed by atoms with van der Waals surface area (Å²) in [5.74, 6) is 0.279. The highest BCUT2D eigenvalue weighted by atomic mass is 16.5. The number of aliphatic hydroxyl groups excluding tert-OH is 2. The van der Waals surface area contributed by atoms with Gasteiger partial charge in [-0.1, -0.05) is 0 Å². The van der Waals surface area contributed by atoms with Crippen LogP contribution in [0.4, 0.5) is 0 Å². The number of methoxy groups -OCH3 is 1. The third kappa shape index (κ3) is 0.995. The molecule has 0 spiro atoms. The van der Waals surface area contributed by atoms with Gasteiger partial charge in [0.25, 0.3) is 0 Å². The Kier molecular flexibility index (Phi) is 1.60. The van der Waals surface area contributed by atoms with E-state index >= 15 is 0 Å². The fraction of sp³-hybridized carbons (Fsp3) is 0.0909. The molecular weight excluding hydrogens is 208 g/mol. The van der Waals surface area contributed by atoms with E-state index in [1.807, 2.05) is 0 Å². The summed E-state index contributed by atoms with van der Waals surface area (Å²) >= 11 is 0. The third-order valence-corrected chi connectivity index (χ3v) is 2.54. The largest absolute Gasteiger partial charge is 0.503 e. The van der Waals surface area contributed by atoms with E-state index in [9.17, 15) is 10.2 Å². The highest BCUT2D eigenvalue weighted by Crippen LogP contribution is 2.35. The van der Waals surface area contributed by atoms with Gasteiger partial charge in [-0.15, -0.1) is 0 Å². The molecule has 2 aromatic rings. The number of rotatable bonds is 1. The Labute approximate surface area is 90.7 Å². The zero-order valence-corrected chi connectivity index (χ0v) is 8.43. The first-order valence-electron chi connectivity index (χ1n) is 4.69. The normalized spacial score (nSPS) is 13.6. The van der Waals surface area contributed by atoms with Crippen molar-refractivity contribution in [3.05, 3.63) is 29.6 Å². The summed E-state index contributed by atoms with van der Waals surface area (Å²) in [7, 11) is 1.57. The van der Waals surface area contributed by atoms with Crippen LogP contribution in [-0.4, -0.2) is 27.3 Å². The highest BCUT2D eigenvalue weighted by Gasteiger charge is 2.29. The first-order chi connectivity index (χ1) is 7.70. The van der Waals surface area contributed by atoms with Crippen molar-refractivity contribution < 1.29 is 14.9 Å². The lowest BCUT2D eigenvalue weighted by Crippen LogP contribution is -2.11. The van der Waals surface area contributed by atoms with Crippen LogP contribution in [0.25, 0.3) is 22.6 Å². The van der Waals surface area contributed by atoms with Crippen molar-refractivity contribution in [1.29, 1.82) is 0 Å². The second-order valence-electron chi connectivity index (χ2n) is 3.47. The van der Waals surface area contributed by atoms with Gasteiger partial charge in [-0.3, -0.25) is 0 Å². The molecule has 1 aliphatic rings. The number of ether oxygens (including phenoxy) is 1.